The fourth-order valence-electron chi connectivity index (χ4n) is 2.38. The zero-order chi connectivity index (χ0) is 20.7. The number of aromatic nitrogens is 2. The van der Waals surface area contributed by atoms with Crippen LogP contribution in [0.1, 0.15) is 31.0 Å². The molecule has 28 heavy (non-hydrogen) atoms. The zero-order valence-electron chi connectivity index (χ0n) is 16.5. The second-order valence-electron chi connectivity index (χ2n) is 6.48. The number of unbranched alkanes of at least 4 members (excludes halogenated alkanes) is 1. The third-order valence-electron chi connectivity index (χ3n) is 3.91. The Kier molecular flexibility index (Phi) is 8.14. The molecule has 0 unspecified atom stereocenters. The second kappa shape index (κ2) is 10.3. The standard InChI is InChI=1S/C20H25ClN4O2S/c1-5-6-12-25-19(21)17(14(2)23-25)10-11-18(26)22-15-8-7-9-16(13-15)28-20(27)24(3)4/h7-11,13H,5-6,12H2,1-4H3,(H,22,26). The largest absolute Gasteiger partial charge is 0.339 e. The lowest BCUT2D eigenvalue weighted by molar-refractivity contribution is -0.111. The molecule has 0 bridgehead atoms. The first-order valence-corrected chi connectivity index (χ1v) is 10.2. The fraction of sp³-hybridized carbons (Fsp3) is 0.350. The highest BCUT2D eigenvalue weighted by Gasteiger charge is 2.11. The molecule has 1 heterocycles. The summed E-state index contributed by atoms with van der Waals surface area (Å²) < 4.78 is 1.76. The maximum absolute atomic E-state index is 12.3. The number of carbonyl (C=O) groups excluding carboxylic acids is 2. The minimum Gasteiger partial charge on any atom is -0.339 e. The third-order valence-corrected chi connectivity index (χ3v) is 5.33. The highest BCUT2D eigenvalue weighted by molar-refractivity contribution is 8.13. The summed E-state index contributed by atoms with van der Waals surface area (Å²) in [5.41, 5.74) is 2.15. The van der Waals surface area contributed by atoms with Crippen molar-refractivity contribution in [1.82, 2.24) is 14.7 Å². The van der Waals surface area contributed by atoms with Crippen molar-refractivity contribution in [2.45, 2.75) is 38.1 Å². The number of hydrogen-bond donors (Lipinski definition) is 1. The molecule has 0 atom stereocenters. The lowest BCUT2D eigenvalue weighted by Crippen LogP contribution is -2.16. The van der Waals surface area contributed by atoms with Gasteiger partial charge in [0.05, 0.1) is 5.69 Å². The van der Waals surface area contributed by atoms with Crippen LogP contribution in [0.3, 0.4) is 0 Å². The highest BCUT2D eigenvalue weighted by Crippen LogP contribution is 2.24. The van der Waals surface area contributed by atoms with E-state index in [9.17, 15) is 9.59 Å². The number of carbonyl (C=O) groups is 2. The molecule has 1 N–H and O–H groups in total. The third kappa shape index (κ3) is 6.14. The Balaban J connectivity index is 2.04. The Morgan fingerprint density at radius 1 is 1.36 bits per heavy atom. The van der Waals surface area contributed by atoms with Gasteiger partial charge in [-0.15, -0.1) is 0 Å². The van der Waals surface area contributed by atoms with Crippen LogP contribution in [0.15, 0.2) is 35.2 Å². The van der Waals surface area contributed by atoms with E-state index in [0.29, 0.717) is 10.8 Å². The van der Waals surface area contributed by atoms with E-state index in [1.165, 1.54) is 11.0 Å². The first-order chi connectivity index (χ1) is 13.3. The molecule has 8 heteroatoms. The number of nitrogens with zero attached hydrogens (tertiary/aromatic N) is 3. The molecule has 0 aliphatic rings. The molecule has 0 aliphatic heterocycles. The Labute approximate surface area is 174 Å². The molecule has 0 aliphatic carbocycles. The molecule has 0 saturated carbocycles. The van der Waals surface area contributed by atoms with Crippen LogP contribution < -0.4 is 5.32 Å². The summed E-state index contributed by atoms with van der Waals surface area (Å²) in [7, 11) is 3.40. The van der Waals surface area contributed by atoms with Crippen molar-refractivity contribution in [2.24, 2.45) is 0 Å². The number of hydrogen-bond acceptors (Lipinski definition) is 4. The Hall–Kier alpha value is -2.25. The molecule has 1 aromatic heterocycles. The van der Waals surface area contributed by atoms with Crippen molar-refractivity contribution >= 4 is 46.3 Å². The summed E-state index contributed by atoms with van der Waals surface area (Å²) in [6.45, 7) is 4.74. The molecular weight excluding hydrogens is 396 g/mol. The van der Waals surface area contributed by atoms with Crippen molar-refractivity contribution in [3.63, 3.8) is 0 Å². The predicted octanol–water partition coefficient (Wildman–Crippen LogP) is 5.07. The second-order valence-corrected chi connectivity index (χ2v) is 7.86. The van der Waals surface area contributed by atoms with E-state index in [4.69, 9.17) is 11.6 Å². The van der Waals surface area contributed by atoms with Crippen LogP contribution in [0.2, 0.25) is 5.15 Å². The van der Waals surface area contributed by atoms with Gasteiger partial charge in [-0.3, -0.25) is 14.3 Å². The van der Waals surface area contributed by atoms with Gasteiger partial charge in [0.25, 0.3) is 5.24 Å². The predicted molar refractivity (Wildman–Crippen MR) is 116 cm³/mol. The number of halogens is 1. The molecule has 0 spiro atoms. The van der Waals surface area contributed by atoms with Crippen LogP contribution in [0.5, 0.6) is 0 Å². The number of rotatable bonds is 7. The van der Waals surface area contributed by atoms with E-state index in [0.717, 1.165) is 47.3 Å². The summed E-state index contributed by atoms with van der Waals surface area (Å²) in [6.07, 6.45) is 5.16. The van der Waals surface area contributed by atoms with E-state index in [2.05, 4.69) is 17.3 Å². The molecule has 0 saturated heterocycles. The minimum absolute atomic E-state index is 0.0754. The molecule has 0 radical (unpaired) electrons. The van der Waals surface area contributed by atoms with Crippen molar-refractivity contribution in [3.05, 3.63) is 46.8 Å². The maximum atomic E-state index is 12.3. The number of amides is 2. The topological polar surface area (TPSA) is 67.2 Å². The quantitative estimate of drug-likeness (QED) is 0.501. The monoisotopic (exact) mass is 420 g/mol. The maximum Gasteiger partial charge on any atom is 0.285 e. The van der Waals surface area contributed by atoms with Crippen LogP contribution in [0, 0.1) is 6.92 Å². The number of benzene rings is 1. The number of anilines is 1. The normalized spacial score (nSPS) is 11.0. The summed E-state index contributed by atoms with van der Waals surface area (Å²) in [5.74, 6) is -0.280. The lowest BCUT2D eigenvalue weighted by Gasteiger charge is -2.10. The lowest BCUT2D eigenvalue weighted by atomic mass is 10.2. The van der Waals surface area contributed by atoms with Gasteiger partial charge in [-0.1, -0.05) is 31.0 Å². The van der Waals surface area contributed by atoms with Gasteiger partial charge >= 0.3 is 0 Å². The average Bonchev–Trinajstić information content (AvgIpc) is 2.91. The van der Waals surface area contributed by atoms with Gasteiger partial charge in [-0.05, 0) is 49.4 Å². The van der Waals surface area contributed by atoms with Gasteiger partial charge in [0.2, 0.25) is 5.91 Å². The van der Waals surface area contributed by atoms with Gasteiger partial charge in [-0.25, -0.2) is 0 Å². The minimum atomic E-state index is -0.280. The summed E-state index contributed by atoms with van der Waals surface area (Å²) in [4.78, 5) is 26.4. The van der Waals surface area contributed by atoms with Crippen molar-refractivity contribution in [2.75, 3.05) is 19.4 Å². The van der Waals surface area contributed by atoms with Crippen LogP contribution >= 0.6 is 23.4 Å². The smallest absolute Gasteiger partial charge is 0.285 e. The Bertz CT molecular complexity index is 877. The van der Waals surface area contributed by atoms with Crippen molar-refractivity contribution in [3.8, 4) is 0 Å². The zero-order valence-corrected chi connectivity index (χ0v) is 18.1. The van der Waals surface area contributed by atoms with Gasteiger partial charge in [0.1, 0.15) is 5.15 Å². The molecule has 1 aromatic carbocycles. The van der Waals surface area contributed by atoms with Crippen molar-refractivity contribution in [1.29, 1.82) is 0 Å². The molecule has 2 amide bonds. The fourth-order valence-corrected chi connectivity index (χ4v) is 3.42. The van der Waals surface area contributed by atoms with Gasteiger partial charge in [-0.2, -0.15) is 5.10 Å². The highest BCUT2D eigenvalue weighted by atomic mass is 35.5. The van der Waals surface area contributed by atoms with Gasteiger partial charge < -0.3 is 10.2 Å². The van der Waals surface area contributed by atoms with E-state index in [1.54, 1.807) is 43.1 Å². The first-order valence-electron chi connectivity index (χ1n) is 9.03. The molecular formula is C20H25ClN4O2S. The van der Waals surface area contributed by atoms with E-state index < -0.39 is 0 Å². The van der Waals surface area contributed by atoms with Crippen LogP contribution in [-0.2, 0) is 11.3 Å². The molecule has 2 rings (SSSR count). The van der Waals surface area contributed by atoms with E-state index in [-0.39, 0.29) is 11.1 Å². The van der Waals surface area contributed by atoms with Crippen LogP contribution in [0.4, 0.5) is 10.5 Å². The Morgan fingerprint density at radius 3 is 2.79 bits per heavy atom. The summed E-state index contributed by atoms with van der Waals surface area (Å²) in [5, 5.41) is 7.69. The summed E-state index contributed by atoms with van der Waals surface area (Å²) in [6, 6.07) is 7.16. The number of aryl methyl sites for hydroxylation is 2. The van der Waals surface area contributed by atoms with Gasteiger partial charge in [0.15, 0.2) is 0 Å². The van der Waals surface area contributed by atoms with E-state index >= 15 is 0 Å². The molecule has 6 nitrogen and oxygen atoms in total. The number of thioether (sulfide) groups is 1. The average molecular weight is 421 g/mol. The van der Waals surface area contributed by atoms with Crippen LogP contribution in [-0.4, -0.2) is 39.9 Å². The SMILES string of the molecule is CCCCn1nc(C)c(C=CC(=O)Nc2cccc(SC(=O)N(C)C)c2)c1Cl. The summed E-state index contributed by atoms with van der Waals surface area (Å²) >= 11 is 7.49. The Morgan fingerprint density at radius 2 is 2.11 bits per heavy atom. The first kappa shape index (κ1) is 22.0. The number of nitrogens with one attached hydrogen (secondary N) is 1. The van der Waals surface area contributed by atoms with E-state index in [1.807, 2.05) is 13.0 Å². The molecule has 0 fully saturated rings. The molecule has 2 aromatic rings. The van der Waals surface area contributed by atoms with Crippen molar-refractivity contribution < 1.29 is 9.59 Å². The van der Waals surface area contributed by atoms with Gasteiger partial charge in [0, 0.05) is 42.9 Å². The molecule has 150 valence electrons. The van der Waals surface area contributed by atoms with Crippen LogP contribution in [0.25, 0.3) is 6.08 Å².